The van der Waals surface area contributed by atoms with Crippen molar-refractivity contribution < 1.29 is 14.0 Å². The first-order chi connectivity index (χ1) is 9.09. The minimum atomic E-state index is -0.853. The summed E-state index contributed by atoms with van der Waals surface area (Å²) in [5, 5.41) is 0. The van der Waals surface area contributed by atoms with Crippen LogP contribution in [0.1, 0.15) is 32.2 Å². The Bertz CT molecular complexity index is 674. The molecule has 19 heavy (non-hydrogen) atoms. The van der Waals surface area contributed by atoms with Crippen molar-refractivity contribution in [3.63, 3.8) is 0 Å². The molecule has 0 bridgehead atoms. The Kier molecular flexibility index (Phi) is 2.82. The summed E-state index contributed by atoms with van der Waals surface area (Å²) in [7, 11) is 0. The highest BCUT2D eigenvalue weighted by molar-refractivity contribution is 9.10. The van der Waals surface area contributed by atoms with Gasteiger partial charge in [-0.05, 0) is 33.6 Å². The molecule has 0 spiro atoms. The maximum atomic E-state index is 13.2. The van der Waals surface area contributed by atoms with Gasteiger partial charge in [-0.25, -0.2) is 4.39 Å². The van der Waals surface area contributed by atoms with Gasteiger partial charge in [0.15, 0.2) is 11.6 Å². The molecule has 3 rings (SSSR count). The second-order valence-corrected chi connectivity index (χ2v) is 5.23. The Hall–Kier alpha value is -1.81. The topological polar surface area (TPSA) is 34.1 Å². The van der Waals surface area contributed by atoms with Crippen molar-refractivity contribution in [3.8, 4) is 0 Å². The van der Waals surface area contributed by atoms with Gasteiger partial charge >= 0.3 is 0 Å². The molecular weight excluding hydrogens is 311 g/mol. The Balaban J connectivity index is 2.11. The summed E-state index contributed by atoms with van der Waals surface area (Å²) in [6.45, 7) is 0. The van der Waals surface area contributed by atoms with E-state index in [9.17, 15) is 14.0 Å². The van der Waals surface area contributed by atoms with Gasteiger partial charge in [-0.2, -0.15) is 0 Å². The van der Waals surface area contributed by atoms with Crippen LogP contribution in [0.2, 0.25) is 0 Å². The Morgan fingerprint density at radius 3 is 2.05 bits per heavy atom. The number of halogens is 2. The summed E-state index contributed by atoms with van der Waals surface area (Å²) in [6, 6.07) is 11.0. The fourth-order valence-corrected chi connectivity index (χ4v) is 2.73. The summed E-state index contributed by atoms with van der Waals surface area (Å²) in [5.74, 6) is -1.72. The van der Waals surface area contributed by atoms with E-state index in [4.69, 9.17) is 0 Å². The van der Waals surface area contributed by atoms with Gasteiger partial charge in [0.05, 0.1) is 4.47 Å². The lowest BCUT2D eigenvalue weighted by molar-refractivity contribution is 0.0890. The first kappa shape index (κ1) is 12.2. The molecular formula is C15H8BrFO2. The first-order valence-corrected chi connectivity index (χ1v) is 6.51. The number of hydrogen-bond acceptors (Lipinski definition) is 2. The summed E-state index contributed by atoms with van der Waals surface area (Å²) < 4.78 is 13.5. The van der Waals surface area contributed by atoms with Crippen LogP contribution in [-0.2, 0) is 0 Å². The molecule has 0 radical (unpaired) electrons. The molecule has 0 amide bonds. The van der Waals surface area contributed by atoms with Gasteiger partial charge in [0.2, 0.25) is 0 Å². The molecule has 0 atom stereocenters. The van der Waals surface area contributed by atoms with Crippen LogP contribution in [0.4, 0.5) is 4.39 Å². The Labute approximate surface area is 117 Å². The van der Waals surface area contributed by atoms with Crippen molar-refractivity contribution >= 4 is 27.5 Å². The molecule has 4 heteroatoms. The maximum Gasteiger partial charge on any atom is 0.178 e. The van der Waals surface area contributed by atoms with E-state index >= 15 is 0 Å². The van der Waals surface area contributed by atoms with Crippen molar-refractivity contribution in [2.24, 2.45) is 0 Å². The maximum absolute atomic E-state index is 13.2. The van der Waals surface area contributed by atoms with E-state index in [0.717, 1.165) is 0 Å². The van der Waals surface area contributed by atoms with Gasteiger partial charge in [0, 0.05) is 11.1 Å². The largest absolute Gasteiger partial charge is 0.293 e. The highest BCUT2D eigenvalue weighted by Crippen LogP contribution is 2.35. The molecule has 2 aromatic rings. The standard InChI is InChI=1S/C15H8BrFO2/c16-11-7-8(5-6-12(11)17)13-14(18)9-3-1-2-4-10(9)15(13)19/h1-7,13H. The van der Waals surface area contributed by atoms with Gasteiger partial charge in [0.25, 0.3) is 0 Å². The molecule has 94 valence electrons. The van der Waals surface area contributed by atoms with E-state index in [1.807, 2.05) is 0 Å². The Morgan fingerprint density at radius 2 is 1.53 bits per heavy atom. The normalized spacial score (nSPS) is 14.8. The molecule has 2 aromatic carbocycles. The van der Waals surface area contributed by atoms with E-state index in [-0.39, 0.29) is 16.0 Å². The zero-order valence-corrected chi connectivity index (χ0v) is 11.3. The number of hydrogen-bond donors (Lipinski definition) is 0. The molecule has 0 aliphatic heterocycles. The zero-order valence-electron chi connectivity index (χ0n) is 9.69. The number of ketones is 2. The average Bonchev–Trinajstić information content (AvgIpc) is 2.66. The highest BCUT2D eigenvalue weighted by Gasteiger charge is 2.39. The Morgan fingerprint density at radius 1 is 0.947 bits per heavy atom. The van der Waals surface area contributed by atoms with Crippen molar-refractivity contribution in [1.82, 2.24) is 0 Å². The SMILES string of the molecule is O=C1c2ccccc2C(=O)C1c1ccc(F)c(Br)c1. The van der Waals surface area contributed by atoms with E-state index < -0.39 is 11.7 Å². The summed E-state index contributed by atoms with van der Waals surface area (Å²) in [5.41, 5.74) is 1.40. The lowest BCUT2D eigenvalue weighted by atomic mass is 9.94. The van der Waals surface area contributed by atoms with Crippen molar-refractivity contribution in [2.45, 2.75) is 5.92 Å². The highest BCUT2D eigenvalue weighted by atomic mass is 79.9. The van der Waals surface area contributed by atoms with Gasteiger partial charge in [-0.1, -0.05) is 30.3 Å². The molecule has 1 aliphatic carbocycles. The van der Waals surface area contributed by atoms with Crippen LogP contribution < -0.4 is 0 Å². The molecule has 0 unspecified atom stereocenters. The number of rotatable bonds is 1. The third kappa shape index (κ3) is 1.83. The molecule has 0 saturated heterocycles. The third-order valence-corrected chi connectivity index (χ3v) is 3.87. The zero-order chi connectivity index (χ0) is 13.6. The lowest BCUT2D eigenvalue weighted by Gasteiger charge is -2.08. The van der Waals surface area contributed by atoms with E-state index in [1.165, 1.54) is 18.2 Å². The molecule has 0 fully saturated rings. The fraction of sp³-hybridized carbons (Fsp3) is 0.0667. The lowest BCUT2D eigenvalue weighted by Crippen LogP contribution is -2.12. The van der Waals surface area contributed by atoms with Crippen LogP contribution in [-0.4, -0.2) is 11.6 Å². The van der Waals surface area contributed by atoms with Crippen LogP contribution in [0.25, 0.3) is 0 Å². The molecule has 0 N–H and O–H groups in total. The molecule has 2 nitrogen and oxygen atoms in total. The van der Waals surface area contributed by atoms with Gasteiger partial charge < -0.3 is 0 Å². The molecule has 0 saturated carbocycles. The van der Waals surface area contributed by atoms with E-state index in [1.54, 1.807) is 24.3 Å². The quantitative estimate of drug-likeness (QED) is 0.750. The number of fused-ring (bicyclic) bond motifs is 1. The first-order valence-electron chi connectivity index (χ1n) is 5.72. The van der Waals surface area contributed by atoms with Crippen LogP contribution in [0.5, 0.6) is 0 Å². The second-order valence-electron chi connectivity index (χ2n) is 4.38. The van der Waals surface area contributed by atoms with Crippen molar-refractivity contribution in [1.29, 1.82) is 0 Å². The van der Waals surface area contributed by atoms with Crippen LogP contribution in [0, 0.1) is 5.82 Å². The van der Waals surface area contributed by atoms with Crippen LogP contribution >= 0.6 is 15.9 Å². The van der Waals surface area contributed by atoms with Crippen LogP contribution in [0.3, 0.4) is 0 Å². The molecule has 0 heterocycles. The predicted octanol–water partition coefficient (Wildman–Crippen LogP) is 3.75. The number of Topliss-reactive ketones (excluding diaryl/α,β-unsaturated/α-hetero) is 2. The van der Waals surface area contributed by atoms with Crippen molar-refractivity contribution in [2.75, 3.05) is 0 Å². The fourth-order valence-electron chi connectivity index (χ4n) is 2.34. The van der Waals surface area contributed by atoms with Gasteiger partial charge in [0.1, 0.15) is 11.7 Å². The van der Waals surface area contributed by atoms with E-state index in [0.29, 0.717) is 16.7 Å². The molecule has 1 aliphatic rings. The monoisotopic (exact) mass is 318 g/mol. The van der Waals surface area contributed by atoms with Gasteiger partial charge in [-0.3, -0.25) is 9.59 Å². The number of benzene rings is 2. The van der Waals surface area contributed by atoms with E-state index in [2.05, 4.69) is 15.9 Å². The third-order valence-electron chi connectivity index (χ3n) is 3.26. The summed E-state index contributed by atoms with van der Waals surface area (Å²) in [4.78, 5) is 24.5. The predicted molar refractivity (Wildman–Crippen MR) is 71.9 cm³/mol. The summed E-state index contributed by atoms with van der Waals surface area (Å²) >= 11 is 3.07. The van der Waals surface area contributed by atoms with Crippen LogP contribution in [0.15, 0.2) is 46.9 Å². The summed E-state index contributed by atoms with van der Waals surface area (Å²) in [6.07, 6.45) is 0. The minimum absolute atomic E-state index is 0.223. The second kappa shape index (κ2) is 4.38. The molecule has 0 aromatic heterocycles. The number of carbonyl (C=O) groups is 2. The van der Waals surface area contributed by atoms with Gasteiger partial charge in [-0.15, -0.1) is 0 Å². The number of carbonyl (C=O) groups excluding carboxylic acids is 2. The smallest absolute Gasteiger partial charge is 0.178 e. The minimum Gasteiger partial charge on any atom is -0.293 e. The average molecular weight is 319 g/mol. The van der Waals surface area contributed by atoms with Crippen molar-refractivity contribution in [3.05, 3.63) is 69.4 Å².